The van der Waals surface area contributed by atoms with Gasteiger partial charge in [0, 0.05) is 26.2 Å². The van der Waals surface area contributed by atoms with Crippen LogP contribution in [0, 0.1) is 6.92 Å². The van der Waals surface area contributed by atoms with Crippen molar-refractivity contribution in [3.8, 4) is 5.75 Å². The first-order valence-electron chi connectivity index (χ1n) is 11.6. The molecule has 5 rings (SSSR count). The lowest BCUT2D eigenvalue weighted by Crippen LogP contribution is -2.48. The number of sulfonamides is 1. The second-order valence-corrected chi connectivity index (χ2v) is 11.8. The number of carbonyl (C=O) groups is 1. The number of carbonyl (C=O) groups excluding carboxylic acids is 1. The molecule has 1 amide bonds. The van der Waals surface area contributed by atoms with Gasteiger partial charge in [-0.3, -0.25) is 9.52 Å². The second kappa shape index (κ2) is 10.2. The number of para-hydroxylation sites is 1. The van der Waals surface area contributed by atoms with Crippen LogP contribution in [0.25, 0.3) is 10.2 Å². The van der Waals surface area contributed by atoms with Crippen LogP contribution in [0.2, 0.25) is 5.02 Å². The summed E-state index contributed by atoms with van der Waals surface area (Å²) < 4.78 is 34.9. The maximum absolute atomic E-state index is 13.4. The maximum Gasteiger partial charge on any atom is 0.261 e. The van der Waals surface area contributed by atoms with E-state index in [1.54, 1.807) is 77.9 Å². The Hall–Kier alpha value is -3.34. The molecule has 4 aromatic rings. The molecule has 3 aromatic carbocycles. The predicted octanol–water partition coefficient (Wildman–Crippen LogP) is 5.03. The quantitative estimate of drug-likeness (QED) is 0.358. The summed E-state index contributed by atoms with van der Waals surface area (Å²) in [5.41, 5.74) is 2.25. The van der Waals surface area contributed by atoms with Crippen molar-refractivity contribution < 1.29 is 17.9 Å². The van der Waals surface area contributed by atoms with Gasteiger partial charge in [-0.05, 0) is 43.3 Å². The van der Waals surface area contributed by atoms with Crippen molar-refractivity contribution in [3.63, 3.8) is 0 Å². The fraction of sp³-hybridized carbons (Fsp3) is 0.231. The normalized spacial score (nSPS) is 14.1. The number of piperazine rings is 1. The van der Waals surface area contributed by atoms with Crippen molar-refractivity contribution in [1.82, 2.24) is 9.88 Å². The third-order valence-corrected chi connectivity index (χ3v) is 8.99. The lowest BCUT2D eigenvalue weighted by Gasteiger charge is -2.34. The average molecular weight is 557 g/mol. The molecular weight excluding hydrogens is 532 g/mol. The molecule has 1 aromatic heterocycles. The van der Waals surface area contributed by atoms with E-state index in [-0.39, 0.29) is 16.5 Å². The van der Waals surface area contributed by atoms with E-state index in [1.165, 1.54) is 0 Å². The molecule has 0 atom stereocenters. The van der Waals surface area contributed by atoms with E-state index < -0.39 is 10.0 Å². The van der Waals surface area contributed by atoms with Crippen LogP contribution >= 0.6 is 22.9 Å². The highest BCUT2D eigenvalue weighted by molar-refractivity contribution is 7.92. The number of fused-ring (bicyclic) bond motifs is 1. The molecule has 11 heteroatoms. The monoisotopic (exact) mass is 556 g/mol. The first kappa shape index (κ1) is 25.3. The standard InChI is InChI=1S/C26H25ClN4O4S2/c1-17-7-9-18(10-8-17)37(33,34)29-21-6-4-3-5-19(21)25(32)30-13-15-31(16-14-30)26-28-23-22(36-26)12-11-20(27)24(23)35-2/h3-12,29H,13-16H2,1-2H3. The summed E-state index contributed by atoms with van der Waals surface area (Å²) in [7, 11) is -2.27. The zero-order chi connectivity index (χ0) is 26.2. The van der Waals surface area contributed by atoms with Crippen molar-refractivity contribution >= 4 is 59.9 Å². The molecule has 0 saturated carbocycles. The van der Waals surface area contributed by atoms with Crippen LogP contribution in [-0.4, -0.2) is 57.5 Å². The largest absolute Gasteiger partial charge is 0.493 e. The van der Waals surface area contributed by atoms with Crippen LogP contribution in [-0.2, 0) is 10.0 Å². The lowest BCUT2D eigenvalue weighted by molar-refractivity contribution is 0.0748. The number of aromatic nitrogens is 1. The summed E-state index contributed by atoms with van der Waals surface area (Å²) in [5, 5.41) is 1.35. The van der Waals surface area contributed by atoms with Gasteiger partial charge in [0.2, 0.25) is 0 Å². The van der Waals surface area contributed by atoms with Gasteiger partial charge in [0.15, 0.2) is 10.9 Å². The van der Waals surface area contributed by atoms with Gasteiger partial charge >= 0.3 is 0 Å². The summed E-state index contributed by atoms with van der Waals surface area (Å²) in [4.78, 5) is 22.2. The van der Waals surface area contributed by atoms with Crippen LogP contribution in [0.5, 0.6) is 5.75 Å². The fourth-order valence-corrected chi connectivity index (χ4v) is 6.54. The SMILES string of the molecule is COc1c(Cl)ccc2sc(N3CCN(C(=O)c4ccccc4NS(=O)(=O)c4ccc(C)cc4)CC3)nc12. The maximum atomic E-state index is 13.4. The summed E-state index contributed by atoms with van der Waals surface area (Å²) >= 11 is 7.80. The molecule has 1 N–H and O–H groups in total. The number of halogens is 1. The molecule has 192 valence electrons. The Morgan fingerprint density at radius 2 is 1.73 bits per heavy atom. The van der Waals surface area contributed by atoms with Crippen LogP contribution in [0.1, 0.15) is 15.9 Å². The van der Waals surface area contributed by atoms with Gasteiger partial charge in [0.05, 0.1) is 33.0 Å². The highest BCUT2D eigenvalue weighted by Crippen LogP contribution is 2.38. The number of thiazole rings is 1. The summed E-state index contributed by atoms with van der Waals surface area (Å²) in [6.07, 6.45) is 0. The van der Waals surface area contributed by atoms with Crippen LogP contribution in [0.15, 0.2) is 65.6 Å². The third kappa shape index (κ3) is 5.09. The van der Waals surface area contributed by atoms with E-state index in [1.807, 2.05) is 13.0 Å². The number of aryl methyl sites for hydroxylation is 1. The van der Waals surface area contributed by atoms with Gasteiger partial charge in [-0.25, -0.2) is 13.4 Å². The third-order valence-electron chi connectivity index (χ3n) is 6.23. The highest BCUT2D eigenvalue weighted by atomic mass is 35.5. The van der Waals surface area contributed by atoms with Gasteiger partial charge < -0.3 is 14.5 Å². The molecule has 0 bridgehead atoms. The number of anilines is 2. The van der Waals surface area contributed by atoms with Gasteiger partial charge in [-0.15, -0.1) is 0 Å². The number of ether oxygens (including phenoxy) is 1. The van der Waals surface area contributed by atoms with Crippen molar-refractivity contribution in [2.45, 2.75) is 11.8 Å². The van der Waals surface area contributed by atoms with Gasteiger partial charge in [-0.1, -0.05) is 52.8 Å². The van der Waals surface area contributed by atoms with Crippen molar-refractivity contribution in [3.05, 3.63) is 76.8 Å². The molecule has 1 aliphatic rings. The Labute approximate surface area is 224 Å². The van der Waals surface area contributed by atoms with Gasteiger partial charge in [-0.2, -0.15) is 0 Å². The summed E-state index contributed by atoms with van der Waals surface area (Å²) in [6, 6.07) is 17.0. The number of nitrogens with one attached hydrogen (secondary N) is 1. The van der Waals surface area contributed by atoms with Crippen molar-refractivity contribution in [2.75, 3.05) is 42.9 Å². The molecule has 0 unspecified atom stereocenters. The van der Waals surface area contributed by atoms with Crippen LogP contribution in [0.4, 0.5) is 10.8 Å². The Balaban J connectivity index is 1.31. The Morgan fingerprint density at radius 1 is 1.03 bits per heavy atom. The smallest absolute Gasteiger partial charge is 0.261 e. The minimum absolute atomic E-state index is 0.141. The number of hydrogen-bond acceptors (Lipinski definition) is 7. The van der Waals surface area contributed by atoms with E-state index >= 15 is 0 Å². The predicted molar refractivity (Wildman–Crippen MR) is 148 cm³/mol. The Bertz CT molecular complexity index is 1560. The molecular formula is C26H25ClN4O4S2. The molecule has 0 aliphatic carbocycles. The number of hydrogen-bond donors (Lipinski definition) is 1. The van der Waals surface area contributed by atoms with E-state index in [2.05, 4.69) is 9.62 Å². The molecule has 0 radical (unpaired) electrons. The first-order chi connectivity index (χ1) is 17.8. The zero-order valence-corrected chi connectivity index (χ0v) is 22.7. The van der Waals surface area contributed by atoms with Gasteiger partial charge in [0.25, 0.3) is 15.9 Å². The number of rotatable bonds is 6. The van der Waals surface area contributed by atoms with Crippen LogP contribution in [0.3, 0.4) is 0 Å². The van der Waals surface area contributed by atoms with Crippen LogP contribution < -0.4 is 14.4 Å². The molecule has 1 aliphatic heterocycles. The number of methoxy groups -OCH3 is 1. The molecule has 1 saturated heterocycles. The van der Waals surface area contributed by atoms with E-state index in [0.29, 0.717) is 42.5 Å². The number of nitrogens with zero attached hydrogens (tertiary/aromatic N) is 3. The molecule has 2 heterocycles. The minimum Gasteiger partial charge on any atom is -0.493 e. The van der Waals surface area contributed by atoms with Crippen molar-refractivity contribution in [2.24, 2.45) is 0 Å². The van der Waals surface area contributed by atoms with Crippen molar-refractivity contribution in [1.29, 1.82) is 0 Å². The Morgan fingerprint density at radius 3 is 2.43 bits per heavy atom. The van der Waals surface area contributed by atoms with E-state index in [4.69, 9.17) is 21.3 Å². The fourth-order valence-electron chi connectivity index (χ4n) is 4.21. The molecule has 8 nitrogen and oxygen atoms in total. The molecule has 37 heavy (non-hydrogen) atoms. The number of amides is 1. The summed E-state index contributed by atoms with van der Waals surface area (Å²) in [5.74, 6) is 0.333. The topological polar surface area (TPSA) is 91.8 Å². The lowest BCUT2D eigenvalue weighted by atomic mass is 10.1. The average Bonchev–Trinajstić information content (AvgIpc) is 3.33. The highest BCUT2D eigenvalue weighted by Gasteiger charge is 2.27. The van der Waals surface area contributed by atoms with Gasteiger partial charge in [0.1, 0.15) is 5.52 Å². The second-order valence-electron chi connectivity index (χ2n) is 8.67. The summed E-state index contributed by atoms with van der Waals surface area (Å²) in [6.45, 7) is 4.04. The zero-order valence-electron chi connectivity index (χ0n) is 20.3. The first-order valence-corrected chi connectivity index (χ1v) is 14.3. The van der Waals surface area contributed by atoms with E-state index in [0.717, 1.165) is 20.9 Å². The Kier molecular flexibility index (Phi) is 6.98. The minimum atomic E-state index is -3.84. The van der Waals surface area contributed by atoms with E-state index in [9.17, 15) is 13.2 Å². The molecule has 1 fully saturated rings. The molecule has 0 spiro atoms. The number of benzene rings is 3.